The number of non-ortho nitro benzene ring substituents is 1. The molecule has 0 aliphatic rings. The Hall–Kier alpha value is -3.61. The van der Waals surface area contributed by atoms with Gasteiger partial charge in [-0.2, -0.15) is 4.68 Å². The number of aromatic nitrogens is 4. The molecule has 0 fully saturated rings. The van der Waals surface area contributed by atoms with Crippen molar-refractivity contribution in [1.29, 1.82) is 0 Å². The summed E-state index contributed by atoms with van der Waals surface area (Å²) < 4.78 is 1.44. The van der Waals surface area contributed by atoms with Crippen LogP contribution in [0.5, 0.6) is 0 Å². The number of hydrogen-bond acceptors (Lipinski definition) is 5. The summed E-state index contributed by atoms with van der Waals surface area (Å²) in [4.78, 5) is 10.4. The zero-order chi connectivity index (χ0) is 16.8. The van der Waals surface area contributed by atoms with Crippen LogP contribution in [-0.2, 0) is 0 Å². The lowest BCUT2D eigenvalue weighted by molar-refractivity contribution is -0.384. The summed E-state index contributed by atoms with van der Waals surface area (Å²) >= 11 is 0. The van der Waals surface area contributed by atoms with Crippen LogP contribution < -0.4 is 0 Å². The Labute approximate surface area is 137 Å². The predicted molar refractivity (Wildman–Crippen MR) is 90.3 cm³/mol. The van der Waals surface area contributed by atoms with Gasteiger partial charge in [0.1, 0.15) is 0 Å². The lowest BCUT2D eigenvalue weighted by Crippen LogP contribution is -2.00. The first-order valence-electron chi connectivity index (χ1n) is 7.17. The fourth-order valence-corrected chi connectivity index (χ4v) is 2.09. The SMILES string of the molecule is O=[N+]([O-])c1cccc(-n2nnnc2/C=C/C=C/c2ccccc2)c1. The van der Waals surface area contributed by atoms with E-state index in [9.17, 15) is 10.1 Å². The van der Waals surface area contributed by atoms with Gasteiger partial charge in [0, 0.05) is 12.1 Å². The molecule has 1 aromatic heterocycles. The third-order valence-corrected chi connectivity index (χ3v) is 3.22. The van der Waals surface area contributed by atoms with Gasteiger partial charge < -0.3 is 0 Å². The number of hydrogen-bond donors (Lipinski definition) is 0. The fraction of sp³-hybridized carbons (Fsp3) is 0. The second kappa shape index (κ2) is 7.10. The van der Waals surface area contributed by atoms with Crippen LogP contribution in [0.15, 0.2) is 66.7 Å². The maximum absolute atomic E-state index is 10.9. The molecule has 3 rings (SSSR count). The molecule has 0 unspecified atom stereocenters. The quantitative estimate of drug-likeness (QED) is 0.409. The number of nitro groups is 1. The van der Waals surface area contributed by atoms with Crippen molar-refractivity contribution in [2.75, 3.05) is 0 Å². The van der Waals surface area contributed by atoms with E-state index in [1.807, 2.05) is 48.6 Å². The summed E-state index contributed by atoms with van der Waals surface area (Å²) in [6.07, 6.45) is 7.38. The molecule has 0 radical (unpaired) electrons. The van der Waals surface area contributed by atoms with Gasteiger partial charge in [-0.05, 0) is 28.1 Å². The van der Waals surface area contributed by atoms with Gasteiger partial charge in [0.15, 0.2) is 5.82 Å². The highest BCUT2D eigenvalue weighted by Crippen LogP contribution is 2.17. The highest BCUT2D eigenvalue weighted by molar-refractivity contribution is 5.55. The zero-order valence-electron chi connectivity index (χ0n) is 12.6. The molecule has 0 aliphatic heterocycles. The molecule has 0 saturated heterocycles. The summed E-state index contributed by atoms with van der Waals surface area (Å²) in [5.41, 5.74) is 1.60. The van der Waals surface area contributed by atoms with Crippen molar-refractivity contribution in [3.8, 4) is 5.69 Å². The molecule has 7 heteroatoms. The Morgan fingerprint density at radius 3 is 2.58 bits per heavy atom. The summed E-state index contributed by atoms with van der Waals surface area (Å²) in [7, 11) is 0. The predicted octanol–water partition coefficient (Wildman–Crippen LogP) is 3.30. The van der Waals surface area contributed by atoms with Crippen LogP contribution in [0.25, 0.3) is 17.8 Å². The van der Waals surface area contributed by atoms with Crippen molar-refractivity contribution >= 4 is 17.8 Å². The molecule has 118 valence electrons. The van der Waals surface area contributed by atoms with Gasteiger partial charge in [-0.25, -0.2) is 0 Å². The highest BCUT2D eigenvalue weighted by atomic mass is 16.6. The first-order chi connectivity index (χ1) is 11.7. The zero-order valence-corrected chi connectivity index (χ0v) is 12.6. The Morgan fingerprint density at radius 1 is 1.00 bits per heavy atom. The lowest BCUT2D eigenvalue weighted by Gasteiger charge is -2.01. The average Bonchev–Trinajstić information content (AvgIpc) is 3.08. The van der Waals surface area contributed by atoms with Gasteiger partial charge in [-0.3, -0.25) is 10.1 Å². The standard InChI is InChI=1S/C17H13N5O2/c23-22(24)16-11-6-10-15(13-16)21-17(18-19-20-21)12-5-4-9-14-7-2-1-3-8-14/h1-13H/b9-4+,12-5+. The average molecular weight is 319 g/mol. The van der Waals surface area contributed by atoms with Crippen molar-refractivity contribution in [1.82, 2.24) is 20.2 Å². The van der Waals surface area contributed by atoms with Crippen molar-refractivity contribution < 1.29 is 4.92 Å². The molecule has 0 bridgehead atoms. The van der Waals surface area contributed by atoms with Gasteiger partial charge in [-0.15, -0.1) is 5.10 Å². The molecule has 2 aromatic carbocycles. The van der Waals surface area contributed by atoms with E-state index in [0.29, 0.717) is 11.5 Å². The van der Waals surface area contributed by atoms with E-state index in [4.69, 9.17) is 0 Å². The molecule has 0 N–H and O–H groups in total. The molecular formula is C17H13N5O2. The minimum absolute atomic E-state index is 0.0121. The summed E-state index contributed by atoms with van der Waals surface area (Å²) in [6, 6.07) is 16.0. The van der Waals surface area contributed by atoms with Crippen LogP contribution in [-0.4, -0.2) is 25.1 Å². The van der Waals surface area contributed by atoms with Crippen molar-refractivity contribution in [2.24, 2.45) is 0 Å². The van der Waals surface area contributed by atoms with E-state index in [-0.39, 0.29) is 5.69 Å². The molecule has 1 heterocycles. The van der Waals surface area contributed by atoms with Gasteiger partial charge in [0.25, 0.3) is 5.69 Å². The van der Waals surface area contributed by atoms with E-state index >= 15 is 0 Å². The van der Waals surface area contributed by atoms with Crippen molar-refractivity contribution in [2.45, 2.75) is 0 Å². The highest BCUT2D eigenvalue weighted by Gasteiger charge is 2.10. The second-order valence-corrected chi connectivity index (χ2v) is 4.85. The topological polar surface area (TPSA) is 86.7 Å². The van der Waals surface area contributed by atoms with Crippen LogP contribution in [0.3, 0.4) is 0 Å². The Morgan fingerprint density at radius 2 is 1.79 bits per heavy atom. The number of tetrazole rings is 1. The third-order valence-electron chi connectivity index (χ3n) is 3.22. The van der Waals surface area contributed by atoms with Gasteiger partial charge >= 0.3 is 0 Å². The van der Waals surface area contributed by atoms with Crippen molar-refractivity contribution in [3.63, 3.8) is 0 Å². The lowest BCUT2D eigenvalue weighted by atomic mass is 10.2. The molecule has 0 aliphatic carbocycles. The van der Waals surface area contributed by atoms with Gasteiger partial charge in [0.2, 0.25) is 0 Å². The molecule has 7 nitrogen and oxygen atoms in total. The number of allylic oxidation sites excluding steroid dienone is 2. The molecular weight excluding hydrogens is 306 g/mol. The summed E-state index contributed by atoms with van der Waals surface area (Å²) in [5.74, 6) is 0.480. The monoisotopic (exact) mass is 319 g/mol. The third kappa shape index (κ3) is 3.58. The van der Waals surface area contributed by atoms with Gasteiger partial charge in [-0.1, -0.05) is 54.6 Å². The summed E-state index contributed by atoms with van der Waals surface area (Å²) in [6.45, 7) is 0. The van der Waals surface area contributed by atoms with E-state index in [1.54, 1.807) is 18.2 Å². The number of nitro benzene ring substituents is 1. The maximum atomic E-state index is 10.9. The first kappa shape index (κ1) is 15.3. The number of benzene rings is 2. The molecule has 0 spiro atoms. The van der Waals surface area contributed by atoms with E-state index in [1.165, 1.54) is 16.8 Å². The number of rotatable bonds is 5. The molecule has 24 heavy (non-hydrogen) atoms. The fourth-order valence-electron chi connectivity index (χ4n) is 2.09. The maximum Gasteiger partial charge on any atom is 0.271 e. The Kier molecular flexibility index (Phi) is 4.52. The minimum Gasteiger partial charge on any atom is -0.258 e. The second-order valence-electron chi connectivity index (χ2n) is 4.85. The first-order valence-corrected chi connectivity index (χ1v) is 7.17. The Bertz CT molecular complexity index is 900. The van der Waals surface area contributed by atoms with Crippen molar-refractivity contribution in [3.05, 3.63) is 88.3 Å². The smallest absolute Gasteiger partial charge is 0.258 e. The summed E-state index contributed by atoms with van der Waals surface area (Å²) in [5, 5.41) is 22.3. The van der Waals surface area contributed by atoms with Crippen LogP contribution in [0, 0.1) is 10.1 Å². The van der Waals surface area contributed by atoms with E-state index in [0.717, 1.165) is 5.56 Å². The van der Waals surface area contributed by atoms with Gasteiger partial charge in [0.05, 0.1) is 10.6 Å². The number of nitrogens with zero attached hydrogens (tertiary/aromatic N) is 5. The van der Waals surface area contributed by atoms with Crippen LogP contribution in [0.2, 0.25) is 0 Å². The minimum atomic E-state index is -0.452. The van der Waals surface area contributed by atoms with Crippen LogP contribution in [0.4, 0.5) is 5.69 Å². The van der Waals surface area contributed by atoms with E-state index < -0.39 is 4.92 Å². The Balaban J connectivity index is 1.81. The molecule has 3 aromatic rings. The normalized spacial score (nSPS) is 11.3. The largest absolute Gasteiger partial charge is 0.271 e. The van der Waals surface area contributed by atoms with Crippen LogP contribution >= 0.6 is 0 Å². The van der Waals surface area contributed by atoms with Crippen LogP contribution in [0.1, 0.15) is 11.4 Å². The molecule has 0 amide bonds. The molecule has 0 saturated carbocycles. The molecule has 0 atom stereocenters. The van der Waals surface area contributed by atoms with E-state index in [2.05, 4.69) is 15.5 Å².